The van der Waals surface area contributed by atoms with E-state index >= 15 is 0 Å². The van der Waals surface area contributed by atoms with E-state index in [1.807, 2.05) is 24.5 Å². The molecule has 3 nitrogen and oxygen atoms in total. The smallest absolute Gasteiger partial charge is 0.101 e. The van der Waals surface area contributed by atoms with Crippen molar-refractivity contribution in [2.24, 2.45) is 0 Å². The van der Waals surface area contributed by atoms with Gasteiger partial charge in [-0.2, -0.15) is 0 Å². The molecule has 0 aliphatic rings. The van der Waals surface area contributed by atoms with Gasteiger partial charge in [0.05, 0.1) is 5.69 Å². The first-order valence-electron chi connectivity index (χ1n) is 6.71. The summed E-state index contributed by atoms with van der Waals surface area (Å²) in [6, 6.07) is 8.53. The van der Waals surface area contributed by atoms with Crippen LogP contribution in [0.25, 0.3) is 0 Å². The van der Waals surface area contributed by atoms with Crippen LogP contribution in [0.2, 0.25) is 0 Å². The lowest BCUT2D eigenvalue weighted by Gasteiger charge is -2.15. The van der Waals surface area contributed by atoms with Gasteiger partial charge in [-0.1, -0.05) is 25.6 Å². The van der Waals surface area contributed by atoms with Gasteiger partial charge in [0, 0.05) is 27.8 Å². The van der Waals surface area contributed by atoms with Crippen LogP contribution in [-0.4, -0.2) is 16.5 Å². The third kappa shape index (κ3) is 4.30. The van der Waals surface area contributed by atoms with Crippen molar-refractivity contribution in [2.45, 2.75) is 36.2 Å². The zero-order chi connectivity index (χ0) is 14.4. The molecule has 106 valence electrons. The molecule has 0 saturated carbocycles. The van der Waals surface area contributed by atoms with Gasteiger partial charge in [0.25, 0.3) is 0 Å². The molecule has 1 N–H and O–H groups in total. The van der Waals surface area contributed by atoms with E-state index in [9.17, 15) is 0 Å². The Morgan fingerprint density at radius 1 is 1.15 bits per heavy atom. The number of pyridine rings is 2. The number of halogens is 1. The molecule has 2 rings (SSSR count). The molecule has 0 aliphatic heterocycles. The van der Waals surface area contributed by atoms with Gasteiger partial charge in [-0.3, -0.25) is 4.98 Å². The van der Waals surface area contributed by atoms with Crippen molar-refractivity contribution in [3.8, 4) is 0 Å². The fourth-order valence-electron chi connectivity index (χ4n) is 1.91. The molecule has 2 aromatic heterocycles. The first kappa shape index (κ1) is 15.5. The van der Waals surface area contributed by atoms with E-state index in [-0.39, 0.29) is 0 Å². The van der Waals surface area contributed by atoms with E-state index in [2.05, 4.69) is 57.2 Å². The molecule has 1 unspecified atom stereocenters. The standard InChI is InChI=1S/C15H18BrN3S/c1-3-13(17-4-2)14-7-6-12(10-18-14)20-15-8-5-11(16)9-19-15/h5-10,13,17H,3-4H2,1-2H3. The van der Waals surface area contributed by atoms with Crippen molar-refractivity contribution in [3.05, 3.63) is 46.8 Å². The highest BCUT2D eigenvalue weighted by Crippen LogP contribution is 2.27. The molecular weight excluding hydrogens is 334 g/mol. The van der Waals surface area contributed by atoms with Gasteiger partial charge in [-0.15, -0.1) is 0 Å². The third-order valence-electron chi connectivity index (χ3n) is 2.90. The maximum absolute atomic E-state index is 4.56. The Hall–Kier alpha value is -0.910. The Morgan fingerprint density at radius 2 is 2.00 bits per heavy atom. The largest absolute Gasteiger partial charge is 0.309 e. The fourth-order valence-corrected chi connectivity index (χ4v) is 2.87. The molecule has 20 heavy (non-hydrogen) atoms. The van der Waals surface area contributed by atoms with Gasteiger partial charge in [0.2, 0.25) is 0 Å². The summed E-state index contributed by atoms with van der Waals surface area (Å²) in [4.78, 5) is 10.0. The minimum atomic E-state index is 0.338. The summed E-state index contributed by atoms with van der Waals surface area (Å²) in [7, 11) is 0. The molecule has 2 heterocycles. The monoisotopic (exact) mass is 351 g/mol. The molecule has 5 heteroatoms. The first-order chi connectivity index (χ1) is 9.72. The zero-order valence-electron chi connectivity index (χ0n) is 11.6. The van der Waals surface area contributed by atoms with Crippen LogP contribution in [0.5, 0.6) is 0 Å². The van der Waals surface area contributed by atoms with E-state index in [0.717, 1.165) is 33.1 Å². The Bertz CT molecular complexity index is 528. The molecule has 0 aliphatic carbocycles. The molecular formula is C15H18BrN3S. The molecule has 0 radical (unpaired) electrons. The minimum Gasteiger partial charge on any atom is -0.309 e. The van der Waals surface area contributed by atoms with Gasteiger partial charge >= 0.3 is 0 Å². The fraction of sp³-hybridized carbons (Fsp3) is 0.333. The summed E-state index contributed by atoms with van der Waals surface area (Å²) in [5.41, 5.74) is 1.10. The van der Waals surface area contributed by atoms with E-state index in [0.29, 0.717) is 6.04 Å². The Morgan fingerprint density at radius 3 is 2.55 bits per heavy atom. The highest BCUT2D eigenvalue weighted by Gasteiger charge is 2.09. The Labute approximate surface area is 132 Å². The predicted octanol–water partition coefficient (Wildman–Crippen LogP) is 4.45. The summed E-state index contributed by atoms with van der Waals surface area (Å²) in [5.74, 6) is 0. The van der Waals surface area contributed by atoms with Crippen molar-refractivity contribution >= 4 is 27.7 Å². The molecule has 0 spiro atoms. The highest BCUT2D eigenvalue weighted by atomic mass is 79.9. The molecule has 0 bridgehead atoms. The number of aromatic nitrogens is 2. The van der Waals surface area contributed by atoms with Crippen molar-refractivity contribution in [2.75, 3.05) is 6.54 Å². The summed E-state index contributed by atoms with van der Waals surface area (Å²) in [6.07, 6.45) is 4.77. The number of nitrogens with zero attached hydrogens (tertiary/aromatic N) is 2. The molecule has 0 fully saturated rings. The number of nitrogens with one attached hydrogen (secondary N) is 1. The summed E-state index contributed by atoms with van der Waals surface area (Å²) in [6.45, 7) is 5.25. The second kappa shape index (κ2) is 7.76. The van der Waals surface area contributed by atoms with Gasteiger partial charge in [-0.05, 0) is 53.2 Å². The Kier molecular flexibility index (Phi) is 6.01. The van der Waals surface area contributed by atoms with Crippen LogP contribution in [0.4, 0.5) is 0 Å². The van der Waals surface area contributed by atoms with Crippen molar-refractivity contribution < 1.29 is 0 Å². The van der Waals surface area contributed by atoms with Crippen LogP contribution in [0, 0.1) is 0 Å². The normalized spacial score (nSPS) is 12.3. The van der Waals surface area contributed by atoms with Gasteiger partial charge in [0.1, 0.15) is 5.03 Å². The maximum Gasteiger partial charge on any atom is 0.101 e. The number of hydrogen-bond acceptors (Lipinski definition) is 4. The second-order valence-corrected chi connectivity index (χ2v) is 6.36. The van der Waals surface area contributed by atoms with Crippen LogP contribution < -0.4 is 5.32 Å². The van der Waals surface area contributed by atoms with Crippen molar-refractivity contribution in [3.63, 3.8) is 0 Å². The van der Waals surface area contributed by atoms with Crippen LogP contribution in [0.3, 0.4) is 0 Å². The first-order valence-corrected chi connectivity index (χ1v) is 8.32. The average Bonchev–Trinajstić information content (AvgIpc) is 2.48. The van der Waals surface area contributed by atoms with E-state index in [4.69, 9.17) is 0 Å². The molecule has 0 amide bonds. The average molecular weight is 352 g/mol. The van der Waals surface area contributed by atoms with Crippen LogP contribution in [-0.2, 0) is 0 Å². The molecule has 0 aromatic carbocycles. The lowest BCUT2D eigenvalue weighted by molar-refractivity contribution is 0.524. The third-order valence-corrected chi connectivity index (χ3v) is 4.29. The summed E-state index contributed by atoms with van der Waals surface area (Å²) < 4.78 is 0.992. The quantitative estimate of drug-likeness (QED) is 0.834. The maximum atomic E-state index is 4.56. The zero-order valence-corrected chi connectivity index (χ0v) is 14.0. The van der Waals surface area contributed by atoms with E-state index in [1.165, 1.54) is 0 Å². The number of hydrogen-bond donors (Lipinski definition) is 1. The second-order valence-electron chi connectivity index (χ2n) is 4.35. The lowest BCUT2D eigenvalue weighted by Crippen LogP contribution is -2.20. The van der Waals surface area contributed by atoms with Crippen LogP contribution in [0.15, 0.2) is 51.1 Å². The summed E-state index contributed by atoms with van der Waals surface area (Å²) in [5, 5.41) is 4.41. The summed E-state index contributed by atoms with van der Waals surface area (Å²) >= 11 is 5.01. The molecule has 0 saturated heterocycles. The van der Waals surface area contributed by atoms with Crippen molar-refractivity contribution in [1.29, 1.82) is 0 Å². The Balaban J connectivity index is 2.06. The van der Waals surface area contributed by atoms with Crippen LogP contribution in [0.1, 0.15) is 32.0 Å². The molecule has 1 atom stereocenters. The minimum absolute atomic E-state index is 0.338. The van der Waals surface area contributed by atoms with Gasteiger partial charge < -0.3 is 5.32 Å². The van der Waals surface area contributed by atoms with Crippen molar-refractivity contribution in [1.82, 2.24) is 15.3 Å². The topological polar surface area (TPSA) is 37.8 Å². The van der Waals surface area contributed by atoms with Crippen LogP contribution >= 0.6 is 27.7 Å². The molecule has 2 aromatic rings. The van der Waals surface area contributed by atoms with E-state index < -0.39 is 0 Å². The van der Waals surface area contributed by atoms with Gasteiger partial charge in [-0.25, -0.2) is 4.98 Å². The predicted molar refractivity (Wildman–Crippen MR) is 87.0 cm³/mol. The van der Waals surface area contributed by atoms with Gasteiger partial charge in [0.15, 0.2) is 0 Å². The highest BCUT2D eigenvalue weighted by molar-refractivity contribution is 9.10. The van der Waals surface area contributed by atoms with E-state index in [1.54, 1.807) is 11.8 Å². The lowest BCUT2D eigenvalue weighted by atomic mass is 10.1. The number of rotatable bonds is 6. The SMILES string of the molecule is CCNC(CC)c1ccc(Sc2ccc(Br)cn2)cn1.